The van der Waals surface area contributed by atoms with Crippen molar-refractivity contribution in [2.24, 2.45) is 0 Å². The van der Waals surface area contributed by atoms with Gasteiger partial charge >= 0.3 is 5.97 Å². The minimum atomic E-state index is -0.293. The highest BCUT2D eigenvalue weighted by molar-refractivity contribution is 5.82. The molecule has 1 aliphatic heterocycles. The molecule has 0 radical (unpaired) electrons. The highest BCUT2D eigenvalue weighted by Gasteiger charge is 2.27. The quantitative estimate of drug-likeness (QED) is 0.696. The van der Waals surface area contributed by atoms with Gasteiger partial charge in [0.05, 0.1) is 19.7 Å². The van der Waals surface area contributed by atoms with Crippen molar-refractivity contribution in [1.29, 1.82) is 0 Å². The van der Waals surface area contributed by atoms with Crippen LogP contribution < -0.4 is 5.32 Å². The topological polar surface area (TPSA) is 58.6 Å². The van der Waals surface area contributed by atoms with E-state index in [0.717, 1.165) is 25.8 Å². The molecule has 1 rings (SSSR count). The predicted molar refractivity (Wildman–Crippen MR) is 59.9 cm³/mol. The van der Waals surface area contributed by atoms with Crippen LogP contribution >= 0.6 is 0 Å². The molecule has 1 unspecified atom stereocenters. The third kappa shape index (κ3) is 3.48. The molecule has 1 N–H and O–H groups in total. The second-order valence-electron chi connectivity index (χ2n) is 3.94. The summed E-state index contributed by atoms with van der Waals surface area (Å²) in [6, 6.07) is -0.188. The third-order valence-corrected chi connectivity index (χ3v) is 2.91. The van der Waals surface area contributed by atoms with Crippen molar-refractivity contribution in [3.63, 3.8) is 0 Å². The molecule has 1 fully saturated rings. The Hall–Kier alpha value is -1.10. The zero-order valence-corrected chi connectivity index (χ0v) is 9.99. The molecule has 0 aromatic carbocycles. The minimum absolute atomic E-state index is 0.0308. The van der Waals surface area contributed by atoms with Crippen LogP contribution in [0.5, 0.6) is 0 Å². The van der Waals surface area contributed by atoms with Crippen LogP contribution in [-0.2, 0) is 14.3 Å². The van der Waals surface area contributed by atoms with E-state index in [-0.39, 0.29) is 24.5 Å². The van der Waals surface area contributed by atoms with Crippen molar-refractivity contribution < 1.29 is 14.3 Å². The van der Waals surface area contributed by atoms with E-state index < -0.39 is 0 Å². The highest BCUT2D eigenvalue weighted by Crippen LogP contribution is 2.12. The van der Waals surface area contributed by atoms with E-state index in [9.17, 15) is 9.59 Å². The van der Waals surface area contributed by atoms with Gasteiger partial charge < -0.3 is 10.1 Å². The first-order valence-electron chi connectivity index (χ1n) is 5.77. The lowest BCUT2D eigenvalue weighted by atomic mass is 10.1. The van der Waals surface area contributed by atoms with E-state index in [1.54, 1.807) is 0 Å². The molecule has 1 atom stereocenters. The fraction of sp³-hybridized carbons (Fsp3) is 0.818. The first-order chi connectivity index (χ1) is 7.69. The Morgan fingerprint density at radius 3 is 2.94 bits per heavy atom. The number of hydrogen-bond donors (Lipinski definition) is 1. The van der Waals surface area contributed by atoms with Crippen molar-refractivity contribution in [3.8, 4) is 0 Å². The summed E-state index contributed by atoms with van der Waals surface area (Å²) in [6.07, 6.45) is 2.84. The van der Waals surface area contributed by atoms with Crippen LogP contribution in [0.1, 0.15) is 26.2 Å². The Labute approximate surface area is 96.1 Å². The number of carbonyl (C=O) groups excluding carboxylic acids is 2. The lowest BCUT2D eigenvalue weighted by Gasteiger charge is -2.27. The summed E-state index contributed by atoms with van der Waals surface area (Å²) in [5.74, 6) is -0.262. The first kappa shape index (κ1) is 13.0. The van der Waals surface area contributed by atoms with Crippen LogP contribution in [0.3, 0.4) is 0 Å². The van der Waals surface area contributed by atoms with Gasteiger partial charge in [-0.2, -0.15) is 0 Å². The minimum Gasteiger partial charge on any atom is -0.468 e. The molecule has 92 valence electrons. The molecule has 0 aliphatic carbocycles. The van der Waals surface area contributed by atoms with Crippen molar-refractivity contribution >= 4 is 11.9 Å². The number of carbonyl (C=O) groups is 2. The summed E-state index contributed by atoms with van der Waals surface area (Å²) in [4.78, 5) is 24.9. The summed E-state index contributed by atoms with van der Waals surface area (Å²) in [5, 5.41) is 2.87. The molecule has 1 aliphatic rings. The Morgan fingerprint density at radius 1 is 1.56 bits per heavy atom. The standard InChI is InChI=1S/C11H20N2O3/c1-3-13(8-10(14)16-2)9-6-4-5-7-12-11(9)15/h9H,3-8H2,1-2H3,(H,12,15). The Bertz CT molecular complexity index is 256. The van der Waals surface area contributed by atoms with Crippen molar-refractivity contribution in [2.75, 3.05) is 26.7 Å². The first-order valence-corrected chi connectivity index (χ1v) is 5.77. The molecule has 0 aromatic rings. The van der Waals surface area contributed by atoms with Gasteiger partial charge in [0.25, 0.3) is 0 Å². The summed E-state index contributed by atoms with van der Waals surface area (Å²) in [5.41, 5.74) is 0. The van der Waals surface area contributed by atoms with Crippen LogP contribution in [0.4, 0.5) is 0 Å². The van der Waals surface area contributed by atoms with Crippen LogP contribution in [0, 0.1) is 0 Å². The fourth-order valence-corrected chi connectivity index (χ4v) is 1.94. The summed E-state index contributed by atoms with van der Waals surface area (Å²) < 4.78 is 4.63. The zero-order chi connectivity index (χ0) is 12.0. The monoisotopic (exact) mass is 228 g/mol. The normalized spacial score (nSPS) is 21.4. The Balaban J connectivity index is 2.61. The van der Waals surface area contributed by atoms with Gasteiger partial charge in [-0.3, -0.25) is 14.5 Å². The number of nitrogens with one attached hydrogen (secondary N) is 1. The van der Waals surface area contributed by atoms with E-state index >= 15 is 0 Å². The second-order valence-corrected chi connectivity index (χ2v) is 3.94. The number of esters is 1. The maximum Gasteiger partial charge on any atom is 0.319 e. The Morgan fingerprint density at radius 2 is 2.31 bits per heavy atom. The van der Waals surface area contributed by atoms with Crippen molar-refractivity contribution in [2.45, 2.75) is 32.2 Å². The molecule has 1 heterocycles. The van der Waals surface area contributed by atoms with Gasteiger partial charge in [0.15, 0.2) is 0 Å². The second kappa shape index (κ2) is 6.48. The zero-order valence-electron chi connectivity index (χ0n) is 9.99. The SMILES string of the molecule is CCN(CC(=O)OC)C1CCCCNC1=O. The third-order valence-electron chi connectivity index (χ3n) is 2.91. The highest BCUT2D eigenvalue weighted by atomic mass is 16.5. The average Bonchev–Trinajstić information content (AvgIpc) is 2.50. The van der Waals surface area contributed by atoms with Gasteiger partial charge in [0.2, 0.25) is 5.91 Å². The molecule has 0 spiro atoms. The van der Waals surface area contributed by atoms with Crippen LogP contribution in [0.2, 0.25) is 0 Å². The van der Waals surface area contributed by atoms with Crippen LogP contribution in [0.25, 0.3) is 0 Å². The number of nitrogens with zero attached hydrogens (tertiary/aromatic N) is 1. The molecule has 1 amide bonds. The molecule has 16 heavy (non-hydrogen) atoms. The number of ether oxygens (including phenoxy) is 1. The van der Waals surface area contributed by atoms with Crippen LogP contribution in [0.15, 0.2) is 0 Å². The van der Waals surface area contributed by atoms with Gasteiger partial charge in [-0.1, -0.05) is 6.92 Å². The maximum absolute atomic E-state index is 11.8. The van der Waals surface area contributed by atoms with E-state index in [0.29, 0.717) is 6.54 Å². The van der Waals surface area contributed by atoms with Gasteiger partial charge in [-0.15, -0.1) is 0 Å². The largest absolute Gasteiger partial charge is 0.468 e. The molecule has 1 saturated heterocycles. The lowest BCUT2D eigenvalue weighted by molar-refractivity contribution is -0.143. The van der Waals surface area contributed by atoms with E-state index in [1.807, 2.05) is 11.8 Å². The molecule has 5 heteroatoms. The fourth-order valence-electron chi connectivity index (χ4n) is 1.94. The number of methoxy groups -OCH3 is 1. The molecular weight excluding hydrogens is 208 g/mol. The summed E-state index contributed by atoms with van der Waals surface area (Å²) >= 11 is 0. The van der Waals surface area contributed by atoms with E-state index in [1.165, 1.54) is 7.11 Å². The lowest BCUT2D eigenvalue weighted by Crippen LogP contribution is -2.47. The average molecular weight is 228 g/mol. The van der Waals surface area contributed by atoms with Gasteiger partial charge in [-0.05, 0) is 25.8 Å². The van der Waals surface area contributed by atoms with Gasteiger partial charge in [0, 0.05) is 6.54 Å². The molecule has 5 nitrogen and oxygen atoms in total. The predicted octanol–water partition coefficient (Wildman–Crippen LogP) is 0.150. The number of amides is 1. The number of rotatable bonds is 4. The smallest absolute Gasteiger partial charge is 0.319 e. The summed E-state index contributed by atoms with van der Waals surface area (Å²) in [7, 11) is 1.36. The van der Waals surface area contributed by atoms with Crippen molar-refractivity contribution in [1.82, 2.24) is 10.2 Å². The molecule has 0 saturated carbocycles. The van der Waals surface area contributed by atoms with Crippen molar-refractivity contribution in [3.05, 3.63) is 0 Å². The van der Waals surface area contributed by atoms with E-state index in [2.05, 4.69) is 10.1 Å². The Kier molecular flexibility index (Phi) is 5.25. The van der Waals surface area contributed by atoms with Gasteiger partial charge in [0.1, 0.15) is 0 Å². The summed E-state index contributed by atoms with van der Waals surface area (Å²) in [6.45, 7) is 3.55. The molecule has 0 aromatic heterocycles. The van der Waals surface area contributed by atoms with E-state index in [4.69, 9.17) is 0 Å². The maximum atomic E-state index is 11.8. The molecular formula is C11H20N2O3. The number of likely N-dealkylation sites (N-methyl/N-ethyl adjacent to an activating group) is 1. The van der Waals surface area contributed by atoms with Gasteiger partial charge in [-0.25, -0.2) is 0 Å². The molecule has 0 bridgehead atoms. The number of hydrogen-bond acceptors (Lipinski definition) is 4. The van der Waals surface area contributed by atoms with Crippen LogP contribution in [-0.4, -0.2) is 49.6 Å².